The molecule has 5 nitrogen and oxygen atoms in total. The minimum Gasteiger partial charge on any atom is -0.281 e. The molecule has 1 aromatic rings. The smallest absolute Gasteiger partial charge is 0.246 e. The Morgan fingerprint density at radius 3 is 2.68 bits per heavy atom. The number of aryl methyl sites for hydroxylation is 1. The zero-order chi connectivity index (χ0) is 14.0. The maximum absolute atomic E-state index is 12.6. The number of nitrogens with one attached hydrogen (secondary N) is 1. The van der Waals surface area contributed by atoms with Gasteiger partial charge in [-0.05, 0) is 38.0 Å². The van der Waals surface area contributed by atoms with Gasteiger partial charge >= 0.3 is 0 Å². The summed E-state index contributed by atoms with van der Waals surface area (Å²) in [6, 6.07) is 0. The molecule has 1 aliphatic heterocycles. The monoisotopic (exact) mass is 285 g/mol. The van der Waals surface area contributed by atoms with Gasteiger partial charge in [-0.25, -0.2) is 8.42 Å². The van der Waals surface area contributed by atoms with E-state index < -0.39 is 10.0 Å². The highest BCUT2D eigenvalue weighted by Crippen LogP contribution is 2.27. The van der Waals surface area contributed by atoms with Crippen molar-refractivity contribution in [3.8, 4) is 0 Å². The number of rotatable bonds is 3. The van der Waals surface area contributed by atoms with Crippen LogP contribution in [0.5, 0.6) is 0 Å². The first-order valence-corrected chi connectivity index (χ1v) is 8.37. The summed E-state index contributed by atoms with van der Waals surface area (Å²) < 4.78 is 26.7. The van der Waals surface area contributed by atoms with Gasteiger partial charge in [-0.2, -0.15) is 9.40 Å². The molecule has 2 heterocycles. The SMILES string of the molecule is Cc1[nH]ncc1S(=O)(=O)N1CCCC(C(C)C)CC1. The van der Waals surface area contributed by atoms with Crippen LogP contribution in [-0.2, 0) is 10.0 Å². The highest BCUT2D eigenvalue weighted by atomic mass is 32.2. The first-order valence-electron chi connectivity index (χ1n) is 6.93. The van der Waals surface area contributed by atoms with Crippen LogP contribution >= 0.6 is 0 Å². The standard InChI is InChI=1S/C13H23N3O2S/c1-10(2)12-5-4-7-16(8-6-12)19(17,18)13-9-14-15-11(13)3/h9-10,12H,4-8H2,1-3H3,(H,14,15). The summed E-state index contributed by atoms with van der Waals surface area (Å²) in [4.78, 5) is 0.315. The average molecular weight is 285 g/mol. The van der Waals surface area contributed by atoms with Gasteiger partial charge in [-0.1, -0.05) is 13.8 Å². The first-order chi connectivity index (χ1) is 8.93. The Bertz CT molecular complexity index is 522. The Labute approximate surface area is 115 Å². The molecule has 19 heavy (non-hydrogen) atoms. The van der Waals surface area contributed by atoms with Gasteiger partial charge in [0, 0.05) is 13.1 Å². The van der Waals surface area contributed by atoms with E-state index in [1.165, 1.54) is 6.20 Å². The quantitative estimate of drug-likeness (QED) is 0.925. The fraction of sp³-hybridized carbons (Fsp3) is 0.769. The van der Waals surface area contributed by atoms with Crippen molar-refractivity contribution in [3.05, 3.63) is 11.9 Å². The second-order valence-corrected chi connectivity index (χ2v) is 7.60. The van der Waals surface area contributed by atoms with E-state index >= 15 is 0 Å². The van der Waals surface area contributed by atoms with Crippen molar-refractivity contribution in [2.45, 2.75) is 44.9 Å². The van der Waals surface area contributed by atoms with E-state index in [1.54, 1.807) is 11.2 Å². The van der Waals surface area contributed by atoms with Crippen LogP contribution in [0.2, 0.25) is 0 Å². The lowest BCUT2D eigenvalue weighted by molar-refractivity contribution is 0.340. The largest absolute Gasteiger partial charge is 0.281 e. The van der Waals surface area contributed by atoms with Crippen LogP contribution in [0.15, 0.2) is 11.1 Å². The average Bonchev–Trinajstić information content (AvgIpc) is 2.64. The van der Waals surface area contributed by atoms with Crippen molar-refractivity contribution < 1.29 is 8.42 Å². The second kappa shape index (κ2) is 5.63. The lowest BCUT2D eigenvalue weighted by Crippen LogP contribution is -2.32. The van der Waals surface area contributed by atoms with Crippen molar-refractivity contribution in [3.63, 3.8) is 0 Å². The highest BCUT2D eigenvalue weighted by Gasteiger charge is 2.30. The van der Waals surface area contributed by atoms with Crippen LogP contribution in [0.1, 0.15) is 38.8 Å². The van der Waals surface area contributed by atoms with E-state index in [1.807, 2.05) is 0 Å². The van der Waals surface area contributed by atoms with Crippen molar-refractivity contribution in [2.24, 2.45) is 11.8 Å². The normalized spacial score (nSPS) is 22.6. The van der Waals surface area contributed by atoms with Gasteiger partial charge in [-0.15, -0.1) is 0 Å². The molecule has 1 aliphatic rings. The Morgan fingerprint density at radius 2 is 2.11 bits per heavy atom. The van der Waals surface area contributed by atoms with E-state index in [2.05, 4.69) is 24.0 Å². The molecule has 0 amide bonds. The minimum atomic E-state index is -3.38. The van der Waals surface area contributed by atoms with Crippen LogP contribution < -0.4 is 0 Å². The topological polar surface area (TPSA) is 66.1 Å². The number of H-pyrrole nitrogens is 1. The zero-order valence-corrected chi connectivity index (χ0v) is 12.7. The molecule has 1 atom stereocenters. The predicted octanol–water partition coefficient (Wildman–Crippen LogP) is 2.16. The molecule has 0 saturated carbocycles. The van der Waals surface area contributed by atoms with Gasteiger partial charge in [0.25, 0.3) is 0 Å². The number of sulfonamides is 1. The van der Waals surface area contributed by atoms with Crippen molar-refractivity contribution in [1.82, 2.24) is 14.5 Å². The highest BCUT2D eigenvalue weighted by molar-refractivity contribution is 7.89. The molecule has 1 aromatic heterocycles. The molecule has 0 spiro atoms. The summed E-state index contributed by atoms with van der Waals surface area (Å²) in [6.07, 6.45) is 4.43. The van der Waals surface area contributed by atoms with Gasteiger partial charge in [0.05, 0.1) is 11.9 Å². The summed E-state index contributed by atoms with van der Waals surface area (Å²) >= 11 is 0. The third-order valence-corrected chi connectivity index (χ3v) is 6.09. The minimum absolute atomic E-state index is 0.315. The lowest BCUT2D eigenvalue weighted by Gasteiger charge is -2.20. The number of nitrogens with zero attached hydrogens (tertiary/aromatic N) is 2. The van der Waals surface area contributed by atoms with Gasteiger partial charge in [-0.3, -0.25) is 5.10 Å². The summed E-state index contributed by atoms with van der Waals surface area (Å²) in [5.41, 5.74) is 0.615. The predicted molar refractivity (Wildman–Crippen MR) is 74.3 cm³/mol. The Morgan fingerprint density at radius 1 is 1.37 bits per heavy atom. The second-order valence-electron chi connectivity index (χ2n) is 5.70. The summed E-state index contributed by atoms with van der Waals surface area (Å²) in [5.74, 6) is 1.25. The van der Waals surface area contributed by atoms with E-state index in [-0.39, 0.29) is 0 Å². The van der Waals surface area contributed by atoms with E-state index in [4.69, 9.17) is 0 Å². The van der Waals surface area contributed by atoms with Crippen LogP contribution in [0.4, 0.5) is 0 Å². The fourth-order valence-electron chi connectivity index (χ4n) is 2.74. The van der Waals surface area contributed by atoms with E-state index in [0.29, 0.717) is 35.5 Å². The number of aromatic amines is 1. The fourth-order valence-corrected chi connectivity index (χ4v) is 4.35. The molecule has 6 heteroatoms. The number of aromatic nitrogens is 2. The lowest BCUT2D eigenvalue weighted by atomic mass is 9.89. The molecule has 0 bridgehead atoms. The number of hydrogen-bond acceptors (Lipinski definition) is 3. The van der Waals surface area contributed by atoms with Crippen LogP contribution in [0, 0.1) is 18.8 Å². The van der Waals surface area contributed by atoms with Gasteiger partial charge in [0.15, 0.2) is 0 Å². The maximum Gasteiger partial charge on any atom is 0.246 e. The summed E-state index contributed by atoms with van der Waals surface area (Å²) in [6.45, 7) is 7.42. The molecular formula is C13H23N3O2S. The van der Waals surface area contributed by atoms with E-state index in [9.17, 15) is 8.42 Å². The Kier molecular flexibility index (Phi) is 4.30. The van der Waals surface area contributed by atoms with Crippen LogP contribution in [-0.4, -0.2) is 36.0 Å². The van der Waals surface area contributed by atoms with Crippen LogP contribution in [0.3, 0.4) is 0 Å². The molecule has 0 radical (unpaired) electrons. The van der Waals surface area contributed by atoms with Crippen molar-refractivity contribution >= 4 is 10.0 Å². The third kappa shape index (κ3) is 3.00. The maximum atomic E-state index is 12.6. The van der Waals surface area contributed by atoms with Crippen LogP contribution in [0.25, 0.3) is 0 Å². The van der Waals surface area contributed by atoms with Gasteiger partial charge in [0.1, 0.15) is 4.90 Å². The molecule has 0 aromatic carbocycles. The zero-order valence-electron chi connectivity index (χ0n) is 11.9. The molecule has 1 saturated heterocycles. The molecule has 2 rings (SSSR count). The van der Waals surface area contributed by atoms with Crippen molar-refractivity contribution in [1.29, 1.82) is 0 Å². The Balaban J connectivity index is 2.16. The third-order valence-electron chi connectivity index (χ3n) is 4.08. The first kappa shape index (κ1) is 14.5. The van der Waals surface area contributed by atoms with E-state index in [0.717, 1.165) is 19.3 Å². The Hall–Kier alpha value is -0.880. The van der Waals surface area contributed by atoms with Gasteiger partial charge < -0.3 is 0 Å². The summed E-state index contributed by atoms with van der Waals surface area (Å²) in [7, 11) is -3.38. The molecule has 1 N–H and O–H groups in total. The number of hydrogen-bond donors (Lipinski definition) is 1. The van der Waals surface area contributed by atoms with Crippen molar-refractivity contribution in [2.75, 3.05) is 13.1 Å². The molecule has 0 aliphatic carbocycles. The molecular weight excluding hydrogens is 262 g/mol. The molecule has 1 fully saturated rings. The summed E-state index contributed by atoms with van der Waals surface area (Å²) in [5, 5.41) is 6.52. The van der Waals surface area contributed by atoms with Gasteiger partial charge in [0.2, 0.25) is 10.0 Å². The molecule has 108 valence electrons. The molecule has 1 unspecified atom stereocenters.